The first kappa shape index (κ1) is 17.3. The smallest absolute Gasteiger partial charge is 0.253 e. The van der Waals surface area contributed by atoms with Gasteiger partial charge in [-0.05, 0) is 67.3 Å². The summed E-state index contributed by atoms with van der Waals surface area (Å²) in [6.45, 7) is 3.57. The lowest BCUT2D eigenvalue weighted by molar-refractivity contribution is 0.0744. The summed E-state index contributed by atoms with van der Waals surface area (Å²) in [5.41, 5.74) is 5.13. The number of likely N-dealkylation sites (tertiary alicyclic amines) is 1. The molecule has 0 spiro atoms. The van der Waals surface area contributed by atoms with Crippen LogP contribution in [0.2, 0.25) is 5.02 Å². The van der Waals surface area contributed by atoms with Gasteiger partial charge in [-0.1, -0.05) is 29.3 Å². The lowest BCUT2D eigenvalue weighted by atomic mass is 9.93. The Labute approximate surface area is 153 Å². The van der Waals surface area contributed by atoms with Crippen LogP contribution >= 0.6 is 11.6 Å². The van der Waals surface area contributed by atoms with Crippen LogP contribution in [-0.2, 0) is 0 Å². The standard InChI is InChI=1S/C21H19ClN2O/c1-15(17-4-2-16(14-23)3-5-17)18-10-12-24(13-11-18)21(25)19-6-8-20(22)9-7-19/h2-9H,10-13H2,1H3. The molecule has 126 valence electrons. The van der Waals surface area contributed by atoms with Crippen LogP contribution < -0.4 is 0 Å². The Morgan fingerprint density at radius 3 is 2.12 bits per heavy atom. The van der Waals surface area contributed by atoms with E-state index in [0.717, 1.165) is 31.5 Å². The van der Waals surface area contributed by atoms with E-state index in [4.69, 9.17) is 16.9 Å². The molecule has 25 heavy (non-hydrogen) atoms. The van der Waals surface area contributed by atoms with Crippen molar-refractivity contribution in [3.05, 3.63) is 75.8 Å². The maximum atomic E-state index is 12.6. The van der Waals surface area contributed by atoms with E-state index in [1.54, 1.807) is 24.3 Å². The van der Waals surface area contributed by atoms with Crippen molar-refractivity contribution < 1.29 is 4.79 Å². The van der Waals surface area contributed by atoms with Gasteiger partial charge in [0.2, 0.25) is 0 Å². The van der Waals surface area contributed by atoms with Gasteiger partial charge in [0, 0.05) is 23.7 Å². The molecule has 1 aliphatic rings. The number of benzene rings is 2. The molecule has 2 aromatic carbocycles. The zero-order chi connectivity index (χ0) is 17.8. The number of nitrogens with zero attached hydrogens (tertiary/aromatic N) is 2. The predicted molar refractivity (Wildman–Crippen MR) is 100 cm³/mol. The quantitative estimate of drug-likeness (QED) is 0.771. The van der Waals surface area contributed by atoms with Crippen LogP contribution in [0.5, 0.6) is 0 Å². The van der Waals surface area contributed by atoms with Gasteiger partial charge < -0.3 is 4.90 Å². The molecule has 0 aromatic heterocycles. The molecule has 4 heteroatoms. The van der Waals surface area contributed by atoms with E-state index in [2.05, 4.69) is 13.0 Å². The Hall–Kier alpha value is -2.57. The summed E-state index contributed by atoms with van der Waals surface area (Å²) in [5.74, 6) is 0.0618. The van der Waals surface area contributed by atoms with Crippen molar-refractivity contribution in [1.82, 2.24) is 4.90 Å². The van der Waals surface area contributed by atoms with E-state index >= 15 is 0 Å². The fourth-order valence-corrected chi connectivity index (χ4v) is 3.25. The summed E-state index contributed by atoms with van der Waals surface area (Å²) in [5, 5.41) is 9.54. The third kappa shape index (κ3) is 3.92. The van der Waals surface area contributed by atoms with Crippen molar-refractivity contribution in [1.29, 1.82) is 5.26 Å². The van der Waals surface area contributed by atoms with Gasteiger partial charge in [0.15, 0.2) is 0 Å². The molecular weight excluding hydrogens is 332 g/mol. The van der Waals surface area contributed by atoms with E-state index in [1.165, 1.54) is 11.1 Å². The molecule has 0 saturated carbocycles. The molecule has 0 atom stereocenters. The maximum Gasteiger partial charge on any atom is 0.253 e. The molecule has 1 amide bonds. The summed E-state index contributed by atoms with van der Waals surface area (Å²) >= 11 is 5.88. The molecule has 1 heterocycles. The topological polar surface area (TPSA) is 44.1 Å². The van der Waals surface area contributed by atoms with E-state index < -0.39 is 0 Å². The van der Waals surface area contributed by atoms with Gasteiger partial charge in [-0.15, -0.1) is 0 Å². The maximum absolute atomic E-state index is 12.6. The van der Waals surface area contributed by atoms with Gasteiger partial charge in [0.25, 0.3) is 5.91 Å². The third-order valence-corrected chi connectivity index (χ3v) is 4.97. The first-order valence-electron chi connectivity index (χ1n) is 8.32. The van der Waals surface area contributed by atoms with Crippen molar-refractivity contribution in [3.63, 3.8) is 0 Å². The van der Waals surface area contributed by atoms with Crippen molar-refractivity contribution >= 4 is 23.1 Å². The lowest BCUT2D eigenvalue weighted by Gasteiger charge is -2.29. The fourth-order valence-electron chi connectivity index (χ4n) is 3.13. The molecule has 3 rings (SSSR count). The summed E-state index contributed by atoms with van der Waals surface area (Å²) < 4.78 is 0. The number of rotatable bonds is 2. The highest BCUT2D eigenvalue weighted by atomic mass is 35.5. The first-order chi connectivity index (χ1) is 12.1. The van der Waals surface area contributed by atoms with E-state index in [9.17, 15) is 4.79 Å². The Balaban J connectivity index is 1.69. The minimum absolute atomic E-state index is 0.0618. The van der Waals surface area contributed by atoms with E-state index in [1.807, 2.05) is 29.2 Å². The summed E-state index contributed by atoms with van der Waals surface area (Å²) in [7, 11) is 0. The van der Waals surface area contributed by atoms with Gasteiger partial charge in [0.1, 0.15) is 0 Å². The number of carbonyl (C=O) groups excluding carboxylic acids is 1. The van der Waals surface area contributed by atoms with Gasteiger partial charge in [0.05, 0.1) is 11.6 Å². The normalized spacial score (nSPS) is 14.1. The highest BCUT2D eigenvalue weighted by Crippen LogP contribution is 2.27. The molecule has 1 aliphatic heterocycles. The monoisotopic (exact) mass is 350 g/mol. The van der Waals surface area contributed by atoms with E-state index in [0.29, 0.717) is 16.1 Å². The molecule has 2 aromatic rings. The van der Waals surface area contributed by atoms with Gasteiger partial charge in [-0.3, -0.25) is 4.79 Å². The number of amides is 1. The van der Waals surface area contributed by atoms with Gasteiger partial charge >= 0.3 is 0 Å². The fraction of sp³-hybridized carbons (Fsp3) is 0.238. The van der Waals surface area contributed by atoms with Crippen molar-refractivity contribution in [2.75, 3.05) is 13.1 Å². The molecule has 0 N–H and O–H groups in total. The largest absolute Gasteiger partial charge is 0.338 e. The Kier molecular flexibility index (Phi) is 5.21. The summed E-state index contributed by atoms with van der Waals surface area (Å²) in [6, 6.07) is 16.9. The molecule has 0 aliphatic carbocycles. The number of allylic oxidation sites excluding steroid dienone is 1. The number of halogens is 1. The second kappa shape index (κ2) is 7.55. The molecule has 0 radical (unpaired) electrons. The minimum atomic E-state index is 0.0618. The summed E-state index contributed by atoms with van der Waals surface area (Å²) in [4.78, 5) is 14.5. The zero-order valence-electron chi connectivity index (χ0n) is 14.1. The van der Waals surface area contributed by atoms with Crippen LogP contribution in [0.3, 0.4) is 0 Å². The molecule has 0 unspecified atom stereocenters. The minimum Gasteiger partial charge on any atom is -0.338 e. The SMILES string of the molecule is CC(=C1CCN(C(=O)c2ccc(Cl)cc2)CC1)c1ccc(C#N)cc1. The molecule has 0 bridgehead atoms. The number of piperidine rings is 1. The number of hydrogen-bond acceptors (Lipinski definition) is 2. The summed E-state index contributed by atoms with van der Waals surface area (Å²) in [6.07, 6.45) is 1.76. The van der Waals surface area contributed by atoms with Crippen molar-refractivity contribution in [3.8, 4) is 6.07 Å². The number of carbonyl (C=O) groups is 1. The molecule has 3 nitrogen and oxygen atoms in total. The van der Waals surface area contributed by atoms with Gasteiger partial charge in [-0.2, -0.15) is 5.26 Å². The van der Waals surface area contributed by atoms with Crippen molar-refractivity contribution in [2.24, 2.45) is 0 Å². The highest BCUT2D eigenvalue weighted by Gasteiger charge is 2.21. The number of hydrogen-bond donors (Lipinski definition) is 0. The Morgan fingerprint density at radius 2 is 1.56 bits per heavy atom. The average Bonchev–Trinajstić information content (AvgIpc) is 2.67. The predicted octanol–water partition coefficient (Wildman–Crippen LogP) is 4.92. The van der Waals surface area contributed by atoms with Crippen LogP contribution in [0.25, 0.3) is 5.57 Å². The molecular formula is C21H19ClN2O. The highest BCUT2D eigenvalue weighted by molar-refractivity contribution is 6.30. The van der Waals surface area contributed by atoms with E-state index in [-0.39, 0.29) is 5.91 Å². The lowest BCUT2D eigenvalue weighted by Crippen LogP contribution is -2.36. The Morgan fingerprint density at radius 1 is 1.00 bits per heavy atom. The second-order valence-electron chi connectivity index (χ2n) is 6.22. The van der Waals surface area contributed by atoms with Crippen LogP contribution in [0.15, 0.2) is 54.1 Å². The van der Waals surface area contributed by atoms with Crippen LogP contribution in [-0.4, -0.2) is 23.9 Å². The zero-order valence-corrected chi connectivity index (χ0v) is 14.9. The molecule has 1 fully saturated rings. The second-order valence-corrected chi connectivity index (χ2v) is 6.65. The van der Waals surface area contributed by atoms with Crippen LogP contribution in [0, 0.1) is 11.3 Å². The Bertz CT molecular complexity index is 835. The first-order valence-corrected chi connectivity index (χ1v) is 8.70. The van der Waals surface area contributed by atoms with Crippen LogP contribution in [0.1, 0.15) is 41.3 Å². The number of nitriles is 1. The average molecular weight is 351 g/mol. The van der Waals surface area contributed by atoms with Crippen molar-refractivity contribution in [2.45, 2.75) is 19.8 Å². The van der Waals surface area contributed by atoms with Gasteiger partial charge in [-0.25, -0.2) is 0 Å². The third-order valence-electron chi connectivity index (χ3n) is 4.72. The van der Waals surface area contributed by atoms with Crippen LogP contribution in [0.4, 0.5) is 0 Å². The molecule has 1 saturated heterocycles.